The zero-order valence-corrected chi connectivity index (χ0v) is 8.84. The average molecular weight is 252 g/mol. The first-order valence-electron chi connectivity index (χ1n) is 3.22. The molecule has 0 aromatic heterocycles. The number of carbonyl (C=O) groups is 1. The molecule has 1 atom stereocenters. The predicted octanol–water partition coefficient (Wildman–Crippen LogP) is 2.18. The largest absolute Gasteiger partial charge is 0.304 e. The maximum atomic E-state index is 11.0. The summed E-state index contributed by atoms with van der Waals surface area (Å²) in [6.45, 7) is 0. The van der Waals surface area contributed by atoms with Gasteiger partial charge in [0.15, 0.2) is 0 Å². The third-order valence-electron chi connectivity index (χ3n) is 1.63. The summed E-state index contributed by atoms with van der Waals surface area (Å²) in [7, 11) is 3.54. The standard InChI is InChI=1S/C6H6BrNOS2/c7-2-4-3-8-5(9)1-6(8)11-10-4/h3,6H,1-2H2/t6-/m1/s1. The number of rotatable bonds is 1. The Bertz CT molecular complexity index is 231. The van der Waals surface area contributed by atoms with Crippen LogP contribution < -0.4 is 0 Å². The van der Waals surface area contributed by atoms with Gasteiger partial charge in [-0.15, -0.1) is 0 Å². The molecule has 1 saturated heterocycles. The van der Waals surface area contributed by atoms with Crippen molar-refractivity contribution in [3.8, 4) is 0 Å². The van der Waals surface area contributed by atoms with Crippen LogP contribution in [-0.4, -0.2) is 21.5 Å². The lowest BCUT2D eigenvalue weighted by atomic mass is 10.2. The number of nitrogens with zero attached hydrogens (tertiary/aromatic N) is 1. The summed E-state index contributed by atoms with van der Waals surface area (Å²) in [5.74, 6) is 0.251. The Kier molecular flexibility index (Phi) is 2.21. The van der Waals surface area contributed by atoms with Crippen LogP contribution >= 0.6 is 37.5 Å². The highest BCUT2D eigenvalue weighted by molar-refractivity contribution is 9.09. The van der Waals surface area contributed by atoms with E-state index >= 15 is 0 Å². The molecule has 0 N–H and O–H groups in total. The lowest BCUT2D eigenvalue weighted by molar-refractivity contribution is -0.137. The Morgan fingerprint density at radius 3 is 3.27 bits per heavy atom. The molecule has 0 unspecified atom stereocenters. The number of amides is 1. The minimum absolute atomic E-state index is 0.251. The molecule has 0 saturated carbocycles. The Morgan fingerprint density at radius 1 is 1.82 bits per heavy atom. The van der Waals surface area contributed by atoms with Crippen LogP contribution in [0.5, 0.6) is 0 Å². The monoisotopic (exact) mass is 251 g/mol. The molecular weight excluding hydrogens is 246 g/mol. The molecule has 0 aromatic carbocycles. The normalized spacial score (nSPS) is 29.2. The molecule has 0 aromatic rings. The van der Waals surface area contributed by atoms with Crippen molar-refractivity contribution in [1.82, 2.24) is 4.90 Å². The second-order valence-electron chi connectivity index (χ2n) is 2.37. The molecule has 60 valence electrons. The van der Waals surface area contributed by atoms with Crippen molar-refractivity contribution in [3.05, 3.63) is 11.1 Å². The predicted molar refractivity (Wildman–Crippen MR) is 52.3 cm³/mol. The van der Waals surface area contributed by atoms with Gasteiger partial charge >= 0.3 is 0 Å². The fourth-order valence-corrected chi connectivity index (χ4v) is 4.34. The molecule has 0 aliphatic carbocycles. The summed E-state index contributed by atoms with van der Waals surface area (Å²) < 4.78 is 0. The summed E-state index contributed by atoms with van der Waals surface area (Å²) in [6, 6.07) is 0. The van der Waals surface area contributed by atoms with Crippen LogP contribution in [0.25, 0.3) is 0 Å². The quantitative estimate of drug-likeness (QED) is 0.405. The molecule has 0 spiro atoms. The van der Waals surface area contributed by atoms with Crippen molar-refractivity contribution in [3.63, 3.8) is 0 Å². The van der Waals surface area contributed by atoms with Crippen LogP contribution in [-0.2, 0) is 4.79 Å². The molecule has 5 heteroatoms. The van der Waals surface area contributed by atoms with E-state index in [1.807, 2.05) is 11.1 Å². The molecule has 11 heavy (non-hydrogen) atoms. The number of alkyl halides is 1. The van der Waals surface area contributed by atoms with Crippen molar-refractivity contribution in [2.24, 2.45) is 0 Å². The highest BCUT2D eigenvalue weighted by atomic mass is 79.9. The Labute approximate surface area is 81.3 Å². The second kappa shape index (κ2) is 3.03. The van der Waals surface area contributed by atoms with Crippen LogP contribution in [0, 0.1) is 0 Å². The molecule has 2 aliphatic heterocycles. The van der Waals surface area contributed by atoms with Crippen molar-refractivity contribution in [2.75, 3.05) is 5.33 Å². The van der Waals surface area contributed by atoms with E-state index < -0.39 is 0 Å². The molecule has 2 heterocycles. The molecule has 1 amide bonds. The van der Waals surface area contributed by atoms with Gasteiger partial charge in [0, 0.05) is 16.4 Å². The first-order valence-corrected chi connectivity index (χ1v) is 6.56. The molecule has 2 nitrogen and oxygen atoms in total. The van der Waals surface area contributed by atoms with Gasteiger partial charge in [-0.2, -0.15) is 0 Å². The highest BCUT2D eigenvalue weighted by Gasteiger charge is 2.38. The molecule has 2 rings (SSSR count). The smallest absolute Gasteiger partial charge is 0.230 e. The fraction of sp³-hybridized carbons (Fsp3) is 0.500. The first kappa shape index (κ1) is 8.01. The number of halogens is 1. The van der Waals surface area contributed by atoms with Gasteiger partial charge < -0.3 is 4.90 Å². The van der Waals surface area contributed by atoms with Gasteiger partial charge in [-0.3, -0.25) is 4.79 Å². The summed E-state index contributed by atoms with van der Waals surface area (Å²) in [6.07, 6.45) is 2.66. The van der Waals surface area contributed by atoms with E-state index in [1.165, 1.54) is 4.91 Å². The van der Waals surface area contributed by atoms with Crippen molar-refractivity contribution in [1.29, 1.82) is 0 Å². The number of allylic oxidation sites excluding steroid dienone is 1. The molecule has 1 fully saturated rings. The highest BCUT2D eigenvalue weighted by Crippen LogP contribution is 2.46. The van der Waals surface area contributed by atoms with E-state index in [2.05, 4.69) is 15.9 Å². The van der Waals surface area contributed by atoms with Crippen molar-refractivity contribution in [2.45, 2.75) is 11.8 Å². The van der Waals surface area contributed by atoms with Crippen molar-refractivity contribution < 1.29 is 4.79 Å². The first-order chi connectivity index (χ1) is 5.31. The van der Waals surface area contributed by atoms with Gasteiger partial charge in [-0.25, -0.2) is 0 Å². The van der Waals surface area contributed by atoms with Crippen LogP contribution in [0.15, 0.2) is 11.1 Å². The van der Waals surface area contributed by atoms with Gasteiger partial charge in [0.25, 0.3) is 0 Å². The topological polar surface area (TPSA) is 20.3 Å². The number of hydrogen-bond donors (Lipinski definition) is 0. The number of hydrogen-bond acceptors (Lipinski definition) is 3. The van der Waals surface area contributed by atoms with Crippen LogP contribution in [0.2, 0.25) is 0 Å². The number of carbonyl (C=O) groups excluding carboxylic acids is 1. The van der Waals surface area contributed by atoms with Crippen molar-refractivity contribution >= 4 is 43.4 Å². The van der Waals surface area contributed by atoms with Gasteiger partial charge in [-0.1, -0.05) is 37.5 Å². The third kappa shape index (κ3) is 1.34. The fourth-order valence-electron chi connectivity index (χ4n) is 0.988. The molecule has 0 radical (unpaired) electrons. The maximum Gasteiger partial charge on any atom is 0.230 e. The molecule has 0 bridgehead atoms. The second-order valence-corrected chi connectivity index (χ2v) is 5.43. The lowest BCUT2D eigenvalue weighted by Gasteiger charge is -2.40. The summed E-state index contributed by atoms with van der Waals surface area (Å²) in [5.41, 5.74) is 0. The number of fused-ring (bicyclic) bond motifs is 1. The van der Waals surface area contributed by atoms with E-state index in [0.29, 0.717) is 11.8 Å². The SMILES string of the molecule is O=C1C[C@H]2SSC(CBr)=CN12. The maximum absolute atomic E-state index is 11.0. The van der Waals surface area contributed by atoms with Crippen LogP contribution in [0.4, 0.5) is 0 Å². The van der Waals surface area contributed by atoms with Gasteiger partial charge in [-0.05, 0) is 0 Å². The summed E-state index contributed by atoms with van der Waals surface area (Å²) in [4.78, 5) is 14.0. The summed E-state index contributed by atoms with van der Waals surface area (Å²) >= 11 is 3.36. The van der Waals surface area contributed by atoms with Crippen LogP contribution in [0.3, 0.4) is 0 Å². The zero-order valence-electron chi connectivity index (χ0n) is 5.62. The Balaban J connectivity index is 2.13. The van der Waals surface area contributed by atoms with Gasteiger partial charge in [0.05, 0.1) is 6.42 Å². The van der Waals surface area contributed by atoms with E-state index in [0.717, 1.165) is 5.33 Å². The number of β-lactam (4-membered cyclic amide) rings is 1. The Hall–Kier alpha value is 0.390. The van der Waals surface area contributed by atoms with E-state index in [4.69, 9.17) is 0 Å². The summed E-state index contributed by atoms with van der Waals surface area (Å²) in [5, 5.41) is 1.26. The average Bonchev–Trinajstić information content (AvgIpc) is 2.03. The van der Waals surface area contributed by atoms with E-state index in [9.17, 15) is 4.79 Å². The van der Waals surface area contributed by atoms with Crippen LogP contribution in [0.1, 0.15) is 6.42 Å². The minimum atomic E-state index is 0.251. The van der Waals surface area contributed by atoms with E-state index in [1.54, 1.807) is 21.6 Å². The molecular formula is C6H6BrNOS2. The minimum Gasteiger partial charge on any atom is -0.304 e. The van der Waals surface area contributed by atoms with Gasteiger partial charge in [0.2, 0.25) is 5.91 Å². The van der Waals surface area contributed by atoms with E-state index in [-0.39, 0.29) is 5.91 Å². The lowest BCUT2D eigenvalue weighted by Crippen LogP contribution is -2.47. The third-order valence-corrected chi connectivity index (χ3v) is 5.38. The molecule has 2 aliphatic rings. The van der Waals surface area contributed by atoms with Gasteiger partial charge in [0.1, 0.15) is 5.37 Å². The zero-order chi connectivity index (χ0) is 7.84. The Morgan fingerprint density at radius 2 is 2.64 bits per heavy atom.